The second-order valence-corrected chi connectivity index (χ2v) is 8.97. The zero-order valence-corrected chi connectivity index (χ0v) is 18.1. The molecule has 1 atom stereocenters. The van der Waals surface area contributed by atoms with Crippen molar-refractivity contribution >= 4 is 11.3 Å². The molecule has 0 aliphatic carbocycles. The number of ether oxygens (including phenoxy) is 2. The monoisotopic (exact) mass is 420 g/mol. The summed E-state index contributed by atoms with van der Waals surface area (Å²) in [6.45, 7) is 6.11. The molecule has 160 valence electrons. The van der Waals surface area contributed by atoms with Crippen molar-refractivity contribution in [2.24, 2.45) is 0 Å². The Hall–Kier alpha value is -1.64. The number of methoxy groups -OCH3 is 1. The third-order valence-corrected chi connectivity index (χ3v) is 6.11. The average Bonchev–Trinajstić information content (AvgIpc) is 3.13. The lowest BCUT2D eigenvalue weighted by Gasteiger charge is -2.30. The molecule has 2 aromatic rings. The van der Waals surface area contributed by atoms with Gasteiger partial charge >= 0.3 is 0 Å². The van der Waals surface area contributed by atoms with Crippen LogP contribution in [0.4, 0.5) is 0 Å². The molecule has 1 aromatic carbocycles. The maximum absolute atomic E-state index is 10.3. The second kappa shape index (κ2) is 10.9. The first-order valence-electron chi connectivity index (χ1n) is 10.2. The van der Waals surface area contributed by atoms with Gasteiger partial charge in [-0.2, -0.15) is 0 Å². The summed E-state index contributed by atoms with van der Waals surface area (Å²) in [6, 6.07) is 10.2. The van der Waals surface area contributed by atoms with Crippen molar-refractivity contribution in [1.29, 1.82) is 0 Å². The number of β-amino-alcohol motifs (C(OH)–C–C–N with tert-alkyl or cyclic N) is 1. The number of aliphatic hydroxyl groups excluding tert-OH is 2. The van der Waals surface area contributed by atoms with E-state index in [1.165, 1.54) is 9.75 Å². The number of benzene rings is 1. The molecule has 1 saturated heterocycles. The fraction of sp³-hybridized carbons (Fsp3) is 0.545. The minimum Gasteiger partial charge on any atom is -0.493 e. The van der Waals surface area contributed by atoms with E-state index in [0.717, 1.165) is 44.6 Å². The number of hydrogen-bond donors (Lipinski definition) is 3. The van der Waals surface area contributed by atoms with Crippen LogP contribution in [0.1, 0.15) is 28.2 Å². The van der Waals surface area contributed by atoms with Crippen LogP contribution in [0.3, 0.4) is 0 Å². The Balaban J connectivity index is 1.45. The summed E-state index contributed by atoms with van der Waals surface area (Å²) in [5.74, 6) is 1.31. The van der Waals surface area contributed by atoms with Gasteiger partial charge in [0.25, 0.3) is 0 Å². The van der Waals surface area contributed by atoms with E-state index in [0.29, 0.717) is 18.0 Å². The van der Waals surface area contributed by atoms with Gasteiger partial charge in [-0.25, -0.2) is 0 Å². The van der Waals surface area contributed by atoms with E-state index in [9.17, 15) is 10.2 Å². The molecule has 1 aliphatic rings. The Morgan fingerprint density at radius 3 is 2.66 bits per heavy atom. The first-order valence-corrected chi connectivity index (χ1v) is 11.0. The highest BCUT2D eigenvalue weighted by Crippen LogP contribution is 2.28. The van der Waals surface area contributed by atoms with Gasteiger partial charge in [-0.15, -0.1) is 11.3 Å². The number of rotatable bonds is 10. The van der Waals surface area contributed by atoms with Crippen molar-refractivity contribution in [3.8, 4) is 11.5 Å². The maximum atomic E-state index is 10.3. The highest BCUT2D eigenvalue weighted by atomic mass is 32.1. The minimum absolute atomic E-state index is 0.202. The molecule has 0 saturated carbocycles. The van der Waals surface area contributed by atoms with Gasteiger partial charge in [-0.1, -0.05) is 6.07 Å². The van der Waals surface area contributed by atoms with Crippen LogP contribution in [0.2, 0.25) is 0 Å². The minimum atomic E-state index is -0.578. The normalized spacial score (nSPS) is 16.7. The number of thiophene rings is 1. The second-order valence-electron chi connectivity index (χ2n) is 7.60. The number of hydrogen-bond acceptors (Lipinski definition) is 7. The van der Waals surface area contributed by atoms with Crippen LogP contribution in [0.15, 0.2) is 30.3 Å². The number of likely N-dealkylation sites (tertiary alicyclic amines) is 1. The first kappa shape index (κ1) is 22.1. The summed E-state index contributed by atoms with van der Waals surface area (Å²) in [5.41, 5.74) is 1.12. The lowest BCUT2D eigenvalue weighted by atomic mass is 10.1. The first-order chi connectivity index (χ1) is 14.0. The Morgan fingerprint density at radius 2 is 1.97 bits per heavy atom. The molecule has 3 rings (SSSR count). The molecule has 0 unspecified atom stereocenters. The molecule has 3 N–H and O–H groups in total. The number of aliphatic hydroxyl groups is 2. The Kier molecular flexibility index (Phi) is 8.32. The average molecular weight is 421 g/mol. The Bertz CT molecular complexity index is 759. The van der Waals surface area contributed by atoms with E-state index < -0.39 is 6.10 Å². The van der Waals surface area contributed by atoms with Gasteiger partial charge in [0.15, 0.2) is 11.5 Å². The molecule has 0 amide bonds. The summed E-state index contributed by atoms with van der Waals surface area (Å²) in [5, 5.41) is 23.3. The van der Waals surface area contributed by atoms with E-state index in [2.05, 4.69) is 29.3 Å². The molecular formula is C22H32N2O4S. The van der Waals surface area contributed by atoms with Gasteiger partial charge in [0, 0.05) is 42.5 Å². The van der Waals surface area contributed by atoms with Crippen molar-refractivity contribution in [3.05, 3.63) is 45.6 Å². The predicted molar refractivity (Wildman–Crippen MR) is 116 cm³/mol. The maximum Gasteiger partial charge on any atom is 0.161 e. The number of nitrogens with one attached hydrogen (secondary N) is 1. The molecule has 1 aromatic heterocycles. The van der Waals surface area contributed by atoms with Crippen LogP contribution in [-0.4, -0.2) is 60.7 Å². The van der Waals surface area contributed by atoms with Crippen LogP contribution in [0.25, 0.3) is 0 Å². The Morgan fingerprint density at radius 1 is 1.17 bits per heavy atom. The summed E-state index contributed by atoms with van der Waals surface area (Å²) in [6.07, 6.45) is 0.753. The van der Waals surface area contributed by atoms with Gasteiger partial charge in [0.2, 0.25) is 0 Å². The molecule has 0 radical (unpaired) electrons. The van der Waals surface area contributed by atoms with Crippen molar-refractivity contribution in [2.75, 3.05) is 33.4 Å². The standard InChI is InChI=1S/C22H32N2O4S/c1-16-3-5-20(29-16)13-23-12-17-4-6-21(22(11-17)27-2)28-15-19(26)14-24-9-7-18(25)8-10-24/h3-6,11,18-19,23,25-26H,7-10,12-15H2,1-2H3/t19-/m1/s1. The topological polar surface area (TPSA) is 74.2 Å². The van der Waals surface area contributed by atoms with Crippen molar-refractivity contribution in [3.63, 3.8) is 0 Å². The zero-order valence-electron chi connectivity index (χ0n) is 17.3. The molecule has 7 heteroatoms. The highest BCUT2D eigenvalue weighted by molar-refractivity contribution is 7.11. The molecule has 0 spiro atoms. The summed E-state index contributed by atoms with van der Waals surface area (Å²) >= 11 is 1.81. The smallest absolute Gasteiger partial charge is 0.161 e. The third-order valence-electron chi connectivity index (χ3n) is 5.11. The largest absolute Gasteiger partial charge is 0.493 e. The fourth-order valence-corrected chi connectivity index (χ4v) is 4.35. The number of aryl methyl sites for hydroxylation is 1. The van der Waals surface area contributed by atoms with Gasteiger partial charge in [0.1, 0.15) is 12.7 Å². The van der Waals surface area contributed by atoms with Crippen LogP contribution in [-0.2, 0) is 13.1 Å². The van der Waals surface area contributed by atoms with Crippen molar-refractivity contribution in [2.45, 2.75) is 45.1 Å². The SMILES string of the molecule is COc1cc(CNCc2ccc(C)s2)ccc1OC[C@H](O)CN1CCC(O)CC1. The molecule has 0 bridgehead atoms. The van der Waals surface area contributed by atoms with Gasteiger partial charge < -0.3 is 29.9 Å². The molecule has 1 fully saturated rings. The summed E-state index contributed by atoms with van der Waals surface area (Å²) < 4.78 is 11.3. The predicted octanol–water partition coefficient (Wildman–Crippen LogP) is 2.55. The van der Waals surface area contributed by atoms with Crippen molar-refractivity contribution in [1.82, 2.24) is 10.2 Å². The van der Waals surface area contributed by atoms with Gasteiger partial charge in [-0.3, -0.25) is 0 Å². The molecule has 2 heterocycles. The van der Waals surface area contributed by atoms with Crippen LogP contribution < -0.4 is 14.8 Å². The van der Waals surface area contributed by atoms with Crippen LogP contribution in [0, 0.1) is 6.92 Å². The molecule has 6 nitrogen and oxygen atoms in total. The fourth-order valence-electron chi connectivity index (χ4n) is 3.49. The van der Waals surface area contributed by atoms with Crippen LogP contribution >= 0.6 is 11.3 Å². The number of piperidine rings is 1. The number of nitrogens with zero attached hydrogens (tertiary/aromatic N) is 1. The van der Waals surface area contributed by atoms with E-state index in [4.69, 9.17) is 9.47 Å². The summed E-state index contributed by atoms with van der Waals surface area (Å²) in [4.78, 5) is 4.82. The zero-order chi connectivity index (χ0) is 20.6. The molecule has 29 heavy (non-hydrogen) atoms. The lowest BCUT2D eigenvalue weighted by Crippen LogP contribution is -2.41. The third kappa shape index (κ3) is 6.97. The highest BCUT2D eigenvalue weighted by Gasteiger charge is 2.20. The van der Waals surface area contributed by atoms with E-state index in [1.807, 2.05) is 29.5 Å². The van der Waals surface area contributed by atoms with Crippen LogP contribution in [0.5, 0.6) is 11.5 Å². The van der Waals surface area contributed by atoms with Gasteiger partial charge in [-0.05, 0) is 49.6 Å². The Labute approximate surface area is 177 Å². The molecule has 1 aliphatic heterocycles. The van der Waals surface area contributed by atoms with E-state index in [-0.39, 0.29) is 12.7 Å². The molecular weight excluding hydrogens is 388 g/mol. The van der Waals surface area contributed by atoms with E-state index >= 15 is 0 Å². The van der Waals surface area contributed by atoms with Crippen molar-refractivity contribution < 1.29 is 19.7 Å². The quantitative estimate of drug-likeness (QED) is 0.549. The van der Waals surface area contributed by atoms with Gasteiger partial charge in [0.05, 0.1) is 13.2 Å². The lowest BCUT2D eigenvalue weighted by molar-refractivity contribution is 0.0333. The van der Waals surface area contributed by atoms with E-state index in [1.54, 1.807) is 7.11 Å². The summed E-state index contributed by atoms with van der Waals surface area (Å²) in [7, 11) is 1.63.